The molecule has 4 nitrogen and oxygen atoms in total. The Morgan fingerprint density at radius 2 is 1.94 bits per heavy atom. The molecule has 0 aromatic carbocycles. The molecular weight excluding hydrogens is 327 g/mol. The second-order valence-corrected chi connectivity index (χ2v) is 3.49. The van der Waals surface area contributed by atoms with E-state index in [0.29, 0.717) is 6.54 Å². The highest BCUT2D eigenvalue weighted by Gasteiger charge is 1.98. The van der Waals surface area contributed by atoms with Gasteiger partial charge < -0.3 is 10.6 Å². The number of nitrogens with zero attached hydrogens (tertiary/aromatic N) is 2. The topological polar surface area (TPSA) is 49.3 Å². The molecule has 0 saturated heterocycles. The molecule has 0 aliphatic rings. The van der Waals surface area contributed by atoms with E-state index in [4.69, 9.17) is 0 Å². The summed E-state index contributed by atoms with van der Waals surface area (Å²) in [6, 6.07) is 4.00. The Bertz CT molecular complexity index is 344. The van der Waals surface area contributed by atoms with Crippen molar-refractivity contribution in [3.8, 4) is 0 Å². The van der Waals surface area contributed by atoms with E-state index in [2.05, 4.69) is 47.4 Å². The minimum atomic E-state index is 0. The van der Waals surface area contributed by atoms with Gasteiger partial charge in [0.15, 0.2) is 5.96 Å². The van der Waals surface area contributed by atoms with Crippen LogP contribution in [0.3, 0.4) is 0 Å². The summed E-state index contributed by atoms with van der Waals surface area (Å²) in [4.78, 5) is 8.77. The van der Waals surface area contributed by atoms with Gasteiger partial charge in [0.2, 0.25) is 0 Å². The summed E-state index contributed by atoms with van der Waals surface area (Å²) in [7, 11) is 0. The summed E-state index contributed by atoms with van der Waals surface area (Å²) in [5.41, 5.74) is 2.20. The number of aryl methyl sites for hydroxylation is 1. The second kappa shape index (κ2) is 9.21. The van der Waals surface area contributed by atoms with Gasteiger partial charge in [0.25, 0.3) is 0 Å². The van der Waals surface area contributed by atoms with Crippen LogP contribution in [0.4, 0.5) is 0 Å². The lowest BCUT2D eigenvalue weighted by Crippen LogP contribution is -2.37. The Morgan fingerprint density at radius 1 is 1.29 bits per heavy atom. The Balaban J connectivity index is 0.00000256. The Hall–Kier alpha value is -0.850. The van der Waals surface area contributed by atoms with E-state index in [0.717, 1.165) is 24.7 Å². The fourth-order valence-corrected chi connectivity index (χ4v) is 1.35. The second-order valence-electron chi connectivity index (χ2n) is 3.49. The molecule has 5 heteroatoms. The molecule has 2 N–H and O–H groups in total. The first-order valence-corrected chi connectivity index (χ1v) is 5.70. The standard InChI is InChI=1S/C12H20N4.HI/c1-4-13-12(14-5-2)16-9-11-10(3)7-6-8-15-11;/h6-8H,4-5,9H2,1-3H3,(H2,13,14,16);1H. The quantitative estimate of drug-likeness (QED) is 0.498. The van der Waals surface area contributed by atoms with Crippen molar-refractivity contribution < 1.29 is 0 Å². The van der Waals surface area contributed by atoms with Gasteiger partial charge in [0.1, 0.15) is 0 Å². The van der Waals surface area contributed by atoms with Gasteiger partial charge >= 0.3 is 0 Å². The maximum atomic E-state index is 4.47. The zero-order valence-electron chi connectivity index (χ0n) is 10.7. The third-order valence-corrected chi connectivity index (χ3v) is 2.19. The van der Waals surface area contributed by atoms with Crippen molar-refractivity contribution in [1.82, 2.24) is 15.6 Å². The van der Waals surface area contributed by atoms with Crippen LogP contribution in [0.1, 0.15) is 25.1 Å². The monoisotopic (exact) mass is 348 g/mol. The van der Waals surface area contributed by atoms with Gasteiger partial charge in [-0.25, -0.2) is 4.99 Å². The molecule has 0 bridgehead atoms. The minimum absolute atomic E-state index is 0. The van der Waals surface area contributed by atoms with Crippen molar-refractivity contribution in [2.24, 2.45) is 4.99 Å². The molecule has 0 spiro atoms. The lowest BCUT2D eigenvalue weighted by molar-refractivity contribution is 0.832. The van der Waals surface area contributed by atoms with E-state index in [1.54, 1.807) is 6.20 Å². The van der Waals surface area contributed by atoms with Crippen molar-refractivity contribution in [3.05, 3.63) is 29.6 Å². The number of guanidine groups is 1. The first-order chi connectivity index (χ1) is 7.77. The maximum Gasteiger partial charge on any atom is 0.191 e. The Morgan fingerprint density at radius 3 is 2.47 bits per heavy atom. The summed E-state index contributed by atoms with van der Waals surface area (Å²) < 4.78 is 0. The van der Waals surface area contributed by atoms with E-state index in [1.807, 2.05) is 6.07 Å². The van der Waals surface area contributed by atoms with E-state index < -0.39 is 0 Å². The van der Waals surface area contributed by atoms with Gasteiger partial charge in [0.05, 0.1) is 12.2 Å². The fourth-order valence-electron chi connectivity index (χ4n) is 1.35. The minimum Gasteiger partial charge on any atom is -0.357 e. The molecule has 0 aliphatic heterocycles. The van der Waals surface area contributed by atoms with E-state index >= 15 is 0 Å². The van der Waals surface area contributed by atoms with Crippen molar-refractivity contribution in [1.29, 1.82) is 0 Å². The van der Waals surface area contributed by atoms with Crippen LogP contribution in [0.5, 0.6) is 0 Å². The summed E-state index contributed by atoms with van der Waals surface area (Å²) in [5, 5.41) is 6.37. The van der Waals surface area contributed by atoms with Crippen LogP contribution < -0.4 is 10.6 Å². The van der Waals surface area contributed by atoms with E-state index in [-0.39, 0.29) is 24.0 Å². The van der Waals surface area contributed by atoms with Crippen LogP contribution in [0.2, 0.25) is 0 Å². The molecule has 0 amide bonds. The summed E-state index contributed by atoms with van der Waals surface area (Å²) in [6.07, 6.45) is 1.80. The number of nitrogens with one attached hydrogen (secondary N) is 2. The normalized spacial score (nSPS) is 9.12. The van der Waals surface area contributed by atoms with Gasteiger partial charge in [-0.2, -0.15) is 0 Å². The molecule has 1 rings (SSSR count). The number of aliphatic imine (C=N–C) groups is 1. The van der Waals surface area contributed by atoms with E-state index in [1.165, 1.54) is 5.56 Å². The molecular formula is C12H21IN4. The first kappa shape index (κ1) is 16.1. The molecule has 1 aromatic rings. The smallest absolute Gasteiger partial charge is 0.191 e. The van der Waals surface area contributed by atoms with Crippen molar-refractivity contribution >= 4 is 29.9 Å². The van der Waals surface area contributed by atoms with Crippen molar-refractivity contribution in [2.45, 2.75) is 27.3 Å². The highest BCUT2D eigenvalue weighted by Crippen LogP contribution is 2.03. The third kappa shape index (κ3) is 5.86. The molecule has 0 aliphatic carbocycles. The number of hydrogen-bond acceptors (Lipinski definition) is 2. The maximum absolute atomic E-state index is 4.47. The average Bonchev–Trinajstić information content (AvgIpc) is 2.28. The van der Waals surface area contributed by atoms with Gasteiger partial charge in [-0.3, -0.25) is 4.98 Å². The third-order valence-electron chi connectivity index (χ3n) is 2.19. The highest BCUT2D eigenvalue weighted by atomic mass is 127. The number of pyridine rings is 1. The predicted molar refractivity (Wildman–Crippen MR) is 82.9 cm³/mol. The Kier molecular flexibility index (Phi) is 8.75. The number of hydrogen-bond donors (Lipinski definition) is 2. The molecule has 1 aromatic heterocycles. The molecule has 0 radical (unpaired) electrons. The predicted octanol–water partition coefficient (Wildman–Crippen LogP) is 2.08. The van der Waals surface area contributed by atoms with Crippen LogP contribution in [0.15, 0.2) is 23.3 Å². The largest absolute Gasteiger partial charge is 0.357 e. The van der Waals surface area contributed by atoms with E-state index in [9.17, 15) is 0 Å². The van der Waals surface area contributed by atoms with Crippen LogP contribution in [-0.4, -0.2) is 24.0 Å². The SMILES string of the molecule is CCNC(=NCc1ncccc1C)NCC.I. The molecule has 0 unspecified atom stereocenters. The highest BCUT2D eigenvalue weighted by molar-refractivity contribution is 14.0. The lowest BCUT2D eigenvalue weighted by atomic mass is 10.2. The molecule has 1 heterocycles. The fraction of sp³-hybridized carbons (Fsp3) is 0.500. The molecule has 17 heavy (non-hydrogen) atoms. The van der Waals surface area contributed by atoms with Crippen molar-refractivity contribution in [2.75, 3.05) is 13.1 Å². The summed E-state index contributed by atoms with van der Waals surface area (Å²) in [6.45, 7) is 8.51. The summed E-state index contributed by atoms with van der Waals surface area (Å²) >= 11 is 0. The van der Waals surface area contributed by atoms with Gasteiger partial charge in [-0.15, -0.1) is 24.0 Å². The van der Waals surface area contributed by atoms with Gasteiger partial charge in [0, 0.05) is 19.3 Å². The van der Waals surface area contributed by atoms with Gasteiger partial charge in [-0.1, -0.05) is 6.07 Å². The average molecular weight is 348 g/mol. The number of rotatable bonds is 4. The van der Waals surface area contributed by atoms with Crippen LogP contribution >= 0.6 is 24.0 Å². The molecule has 0 atom stereocenters. The van der Waals surface area contributed by atoms with Crippen LogP contribution in [-0.2, 0) is 6.54 Å². The van der Waals surface area contributed by atoms with Gasteiger partial charge in [-0.05, 0) is 32.4 Å². The van der Waals surface area contributed by atoms with Crippen molar-refractivity contribution in [3.63, 3.8) is 0 Å². The zero-order valence-corrected chi connectivity index (χ0v) is 13.0. The first-order valence-electron chi connectivity index (χ1n) is 5.70. The molecule has 0 saturated carbocycles. The Labute approximate surface area is 120 Å². The molecule has 96 valence electrons. The number of halogens is 1. The summed E-state index contributed by atoms with van der Waals surface area (Å²) in [5.74, 6) is 0.843. The zero-order chi connectivity index (χ0) is 11.8. The van der Waals surface area contributed by atoms with Crippen LogP contribution in [0, 0.1) is 6.92 Å². The lowest BCUT2D eigenvalue weighted by Gasteiger charge is -2.09. The molecule has 0 fully saturated rings. The number of aromatic nitrogens is 1. The van der Waals surface area contributed by atoms with Crippen LogP contribution in [0.25, 0.3) is 0 Å².